The molecule has 1 atom stereocenters. The maximum absolute atomic E-state index is 9.07. The zero-order valence-corrected chi connectivity index (χ0v) is 5.68. The first-order chi connectivity index (χ1) is 4.27. The molecule has 1 rings (SSSR count). The first-order valence-electron chi connectivity index (χ1n) is 3.34. The van der Waals surface area contributed by atoms with E-state index in [1.807, 2.05) is 0 Å². The van der Waals surface area contributed by atoms with Crippen LogP contribution in [0.25, 0.3) is 0 Å². The van der Waals surface area contributed by atoms with Crippen LogP contribution in [-0.4, -0.2) is 30.6 Å². The van der Waals surface area contributed by atoms with Crippen molar-refractivity contribution in [3.63, 3.8) is 0 Å². The smallest absolute Gasteiger partial charge is 0.202 e. The molecule has 0 bridgehead atoms. The lowest BCUT2D eigenvalue weighted by Crippen LogP contribution is -2.29. The van der Waals surface area contributed by atoms with Crippen molar-refractivity contribution in [2.24, 2.45) is 0 Å². The molecule has 1 fully saturated rings. The monoisotopic (exact) mass is 131 g/mol. The molecule has 2 N–H and O–H groups in total. The summed E-state index contributed by atoms with van der Waals surface area (Å²) in [6.45, 7) is 4.10. The lowest BCUT2D eigenvalue weighted by atomic mass is 10.4. The molecule has 1 saturated heterocycles. The number of rotatable bonds is 4. The molecule has 1 heterocycles. The Morgan fingerprint density at radius 1 is 1.78 bits per heavy atom. The Morgan fingerprint density at radius 2 is 2.44 bits per heavy atom. The number of ether oxygens (including phenoxy) is 1. The molecule has 9 heavy (non-hydrogen) atoms. The van der Waals surface area contributed by atoms with Crippen molar-refractivity contribution >= 4 is 0 Å². The third-order valence-electron chi connectivity index (χ3n) is 1.31. The molecule has 0 amide bonds. The molecule has 54 valence electrons. The Morgan fingerprint density at radius 3 is 2.89 bits per heavy atom. The number of aliphatic hydroxyl groups is 1. The van der Waals surface area contributed by atoms with Crippen molar-refractivity contribution in [2.45, 2.75) is 19.1 Å². The number of epoxide rings is 1. The summed E-state index contributed by atoms with van der Waals surface area (Å²) in [5.74, 6) is -0.810. The van der Waals surface area contributed by atoms with Gasteiger partial charge in [-0.25, -0.2) is 0 Å². The molecule has 1 unspecified atom stereocenters. The third kappa shape index (κ3) is 2.30. The summed E-state index contributed by atoms with van der Waals surface area (Å²) >= 11 is 0. The van der Waals surface area contributed by atoms with Crippen molar-refractivity contribution in [3.05, 3.63) is 0 Å². The second-order valence-corrected chi connectivity index (χ2v) is 2.41. The van der Waals surface area contributed by atoms with Crippen LogP contribution in [0.4, 0.5) is 0 Å². The van der Waals surface area contributed by atoms with E-state index in [2.05, 4.69) is 12.2 Å². The van der Waals surface area contributed by atoms with E-state index >= 15 is 0 Å². The summed E-state index contributed by atoms with van der Waals surface area (Å²) in [4.78, 5) is 0. The maximum atomic E-state index is 9.07. The summed E-state index contributed by atoms with van der Waals surface area (Å²) in [5, 5.41) is 12.1. The highest BCUT2D eigenvalue weighted by atomic mass is 16.7. The molecule has 0 aromatic rings. The van der Waals surface area contributed by atoms with Crippen LogP contribution in [-0.2, 0) is 4.74 Å². The average Bonchev–Trinajstić information content (AvgIpc) is 2.50. The first-order valence-corrected chi connectivity index (χ1v) is 3.34. The van der Waals surface area contributed by atoms with E-state index in [4.69, 9.17) is 9.84 Å². The largest absolute Gasteiger partial charge is 0.363 e. The number of hydrogen-bond acceptors (Lipinski definition) is 3. The van der Waals surface area contributed by atoms with Crippen molar-refractivity contribution in [1.82, 2.24) is 5.32 Å². The highest BCUT2D eigenvalue weighted by Gasteiger charge is 2.41. The van der Waals surface area contributed by atoms with Crippen LogP contribution in [0.2, 0.25) is 0 Å². The van der Waals surface area contributed by atoms with Gasteiger partial charge in [0, 0.05) is 0 Å². The normalized spacial score (nSPS) is 32.7. The summed E-state index contributed by atoms with van der Waals surface area (Å²) < 4.78 is 4.74. The van der Waals surface area contributed by atoms with Gasteiger partial charge in [-0.2, -0.15) is 0 Å². The van der Waals surface area contributed by atoms with Crippen LogP contribution in [0, 0.1) is 0 Å². The summed E-state index contributed by atoms with van der Waals surface area (Å²) in [6, 6.07) is 0. The molecule has 0 aromatic carbocycles. The molecule has 0 aromatic heterocycles. The van der Waals surface area contributed by atoms with E-state index < -0.39 is 5.79 Å². The van der Waals surface area contributed by atoms with Crippen LogP contribution in [0.5, 0.6) is 0 Å². The summed E-state index contributed by atoms with van der Waals surface area (Å²) in [7, 11) is 0. The molecule has 3 nitrogen and oxygen atoms in total. The summed E-state index contributed by atoms with van der Waals surface area (Å²) in [5.41, 5.74) is 0. The van der Waals surface area contributed by atoms with Gasteiger partial charge in [0.05, 0.1) is 6.54 Å². The van der Waals surface area contributed by atoms with Gasteiger partial charge in [0.15, 0.2) is 0 Å². The van der Waals surface area contributed by atoms with Gasteiger partial charge < -0.3 is 15.2 Å². The predicted octanol–water partition coefficient (Wildman–Crippen LogP) is -0.295. The van der Waals surface area contributed by atoms with E-state index in [9.17, 15) is 0 Å². The lowest BCUT2D eigenvalue weighted by molar-refractivity contribution is 0.0372. The fraction of sp³-hybridized carbons (Fsp3) is 1.00. The molecular weight excluding hydrogens is 118 g/mol. The Hall–Kier alpha value is -0.120. The van der Waals surface area contributed by atoms with Gasteiger partial charge in [0.25, 0.3) is 0 Å². The lowest BCUT2D eigenvalue weighted by Gasteiger charge is -2.03. The second-order valence-electron chi connectivity index (χ2n) is 2.41. The van der Waals surface area contributed by atoms with E-state index in [1.165, 1.54) is 0 Å². The quantitative estimate of drug-likeness (QED) is 0.407. The predicted molar refractivity (Wildman–Crippen MR) is 34.1 cm³/mol. The average molecular weight is 131 g/mol. The van der Waals surface area contributed by atoms with Crippen LogP contribution >= 0.6 is 0 Å². The van der Waals surface area contributed by atoms with Gasteiger partial charge in [-0.1, -0.05) is 6.92 Å². The minimum atomic E-state index is -0.810. The van der Waals surface area contributed by atoms with Crippen LogP contribution in [0.3, 0.4) is 0 Å². The van der Waals surface area contributed by atoms with Crippen LogP contribution in [0.1, 0.15) is 13.3 Å². The minimum absolute atomic E-state index is 0.490. The zero-order chi connectivity index (χ0) is 6.74. The van der Waals surface area contributed by atoms with E-state index in [0.717, 1.165) is 13.0 Å². The SMILES string of the molecule is CCCNCC1(O)CO1. The van der Waals surface area contributed by atoms with Crippen LogP contribution < -0.4 is 5.32 Å². The number of nitrogens with one attached hydrogen (secondary N) is 1. The Balaban J connectivity index is 1.92. The fourth-order valence-electron chi connectivity index (χ4n) is 0.646. The zero-order valence-electron chi connectivity index (χ0n) is 5.68. The summed E-state index contributed by atoms with van der Waals surface area (Å²) in [6.07, 6.45) is 1.09. The highest BCUT2D eigenvalue weighted by Crippen LogP contribution is 2.20. The molecule has 0 saturated carbocycles. The van der Waals surface area contributed by atoms with Crippen molar-refractivity contribution in [2.75, 3.05) is 19.7 Å². The molecule has 0 radical (unpaired) electrons. The molecular formula is C6H13NO2. The van der Waals surface area contributed by atoms with Gasteiger partial charge in [0.1, 0.15) is 6.61 Å². The number of hydrogen-bond donors (Lipinski definition) is 2. The highest BCUT2D eigenvalue weighted by molar-refractivity contribution is 4.81. The van der Waals surface area contributed by atoms with E-state index in [0.29, 0.717) is 13.2 Å². The molecule has 0 spiro atoms. The topological polar surface area (TPSA) is 44.8 Å². The van der Waals surface area contributed by atoms with Crippen molar-refractivity contribution in [3.8, 4) is 0 Å². The molecule has 0 aliphatic carbocycles. The Kier molecular flexibility index (Phi) is 2.05. The van der Waals surface area contributed by atoms with Crippen molar-refractivity contribution in [1.29, 1.82) is 0 Å². The van der Waals surface area contributed by atoms with E-state index in [1.54, 1.807) is 0 Å². The van der Waals surface area contributed by atoms with Gasteiger partial charge in [-0.3, -0.25) is 0 Å². The molecule has 3 heteroatoms. The second kappa shape index (κ2) is 2.64. The first kappa shape index (κ1) is 6.99. The minimum Gasteiger partial charge on any atom is -0.363 e. The Labute approximate surface area is 55.0 Å². The van der Waals surface area contributed by atoms with Gasteiger partial charge >= 0.3 is 0 Å². The molecule has 1 aliphatic rings. The van der Waals surface area contributed by atoms with Gasteiger partial charge in [-0.05, 0) is 13.0 Å². The van der Waals surface area contributed by atoms with Crippen LogP contribution in [0.15, 0.2) is 0 Å². The third-order valence-corrected chi connectivity index (χ3v) is 1.31. The fourth-order valence-corrected chi connectivity index (χ4v) is 0.646. The standard InChI is InChI=1S/C6H13NO2/c1-2-3-7-4-6(8)5-9-6/h7-8H,2-5H2,1H3. The molecule has 1 aliphatic heterocycles. The van der Waals surface area contributed by atoms with Gasteiger partial charge in [-0.15, -0.1) is 0 Å². The van der Waals surface area contributed by atoms with E-state index in [-0.39, 0.29) is 0 Å². The maximum Gasteiger partial charge on any atom is 0.202 e. The van der Waals surface area contributed by atoms with Crippen molar-refractivity contribution < 1.29 is 9.84 Å². The Bertz CT molecular complexity index is 91.1. The van der Waals surface area contributed by atoms with Gasteiger partial charge in [0.2, 0.25) is 5.79 Å².